The Morgan fingerprint density at radius 3 is 1.64 bits per heavy atom. The van der Waals surface area contributed by atoms with E-state index in [1.807, 2.05) is 27.7 Å². The predicted octanol–water partition coefficient (Wildman–Crippen LogP) is 2.38. The van der Waals surface area contributed by atoms with Gasteiger partial charge in [0, 0.05) is 19.8 Å². The molecule has 0 saturated carbocycles. The number of hydrogen-bond donors (Lipinski definition) is 0. The lowest BCUT2D eigenvalue weighted by molar-refractivity contribution is -0.152. The lowest BCUT2D eigenvalue weighted by atomic mass is 10.1. The van der Waals surface area contributed by atoms with Crippen molar-refractivity contribution in [3.63, 3.8) is 0 Å². The highest BCUT2D eigenvalue weighted by atomic mass is 16.7. The van der Waals surface area contributed by atoms with Crippen molar-refractivity contribution in [1.29, 1.82) is 0 Å². The number of allylic oxidation sites excluding steroid dienone is 2. The molecule has 1 unspecified atom stereocenters. The average molecular weight is 390 g/mol. The molecule has 0 radical (unpaired) electrons. The molecule has 28 heavy (non-hydrogen) atoms. The van der Waals surface area contributed by atoms with Crippen LogP contribution in [0.2, 0.25) is 0 Å². The van der Waals surface area contributed by atoms with E-state index in [0.29, 0.717) is 48.9 Å². The van der Waals surface area contributed by atoms with Crippen molar-refractivity contribution in [2.75, 3.05) is 32.9 Å². The molecule has 0 saturated heterocycles. The van der Waals surface area contributed by atoms with E-state index in [1.165, 1.54) is 11.0 Å². The van der Waals surface area contributed by atoms with Crippen molar-refractivity contribution >= 4 is 11.8 Å². The molecule has 0 bridgehead atoms. The first-order chi connectivity index (χ1) is 13.4. The van der Waals surface area contributed by atoms with E-state index in [2.05, 4.69) is 13.2 Å². The van der Waals surface area contributed by atoms with Gasteiger partial charge in [0.15, 0.2) is 6.29 Å². The molecule has 0 fully saturated rings. The van der Waals surface area contributed by atoms with Gasteiger partial charge >= 0.3 is 0 Å². The Bertz CT molecular complexity index is 704. The molecule has 2 heterocycles. The zero-order valence-corrected chi connectivity index (χ0v) is 17.2. The highest BCUT2D eigenvalue weighted by molar-refractivity contribution is 6.20. The predicted molar refractivity (Wildman–Crippen MR) is 106 cm³/mol. The number of fused-ring (bicyclic) bond motifs is 1. The third-order valence-electron chi connectivity index (χ3n) is 4.58. The summed E-state index contributed by atoms with van der Waals surface area (Å²) >= 11 is 0. The van der Waals surface area contributed by atoms with E-state index in [1.54, 1.807) is 11.0 Å². The topological polar surface area (TPSA) is 68.3 Å². The first-order valence-electron chi connectivity index (χ1n) is 9.67. The summed E-state index contributed by atoms with van der Waals surface area (Å²) in [6.45, 7) is 17.1. The van der Waals surface area contributed by atoms with Crippen molar-refractivity contribution in [3.05, 3.63) is 47.9 Å². The molecule has 7 nitrogen and oxygen atoms in total. The van der Waals surface area contributed by atoms with Gasteiger partial charge in [0.1, 0.15) is 0 Å². The second-order valence-electron chi connectivity index (χ2n) is 6.37. The standard InChI is InChI=1S/C21H30N2O5/c1-7-15-18-19(20(24)22(15)12-14(6)26-9-3)16(8-2)23(21(18)25)13-17(27-10-4)28-11-5/h7-8,14,17H,1-2,9-13H2,3-6H3. The lowest BCUT2D eigenvalue weighted by Crippen LogP contribution is -2.38. The van der Waals surface area contributed by atoms with Gasteiger partial charge in [0.2, 0.25) is 0 Å². The zero-order valence-electron chi connectivity index (χ0n) is 17.2. The van der Waals surface area contributed by atoms with Crippen LogP contribution in [-0.2, 0) is 23.8 Å². The lowest BCUT2D eigenvalue weighted by Gasteiger charge is -2.27. The molecular formula is C21H30N2O5. The maximum absolute atomic E-state index is 13.2. The van der Waals surface area contributed by atoms with E-state index in [9.17, 15) is 9.59 Å². The second kappa shape index (κ2) is 9.82. The molecule has 7 heteroatoms. The Labute approximate surface area is 166 Å². The Morgan fingerprint density at radius 2 is 1.25 bits per heavy atom. The average Bonchev–Trinajstić information content (AvgIpc) is 3.08. The van der Waals surface area contributed by atoms with Gasteiger partial charge in [-0.25, -0.2) is 0 Å². The van der Waals surface area contributed by atoms with E-state index >= 15 is 0 Å². The molecule has 154 valence electrons. The number of nitrogens with zero attached hydrogens (tertiary/aromatic N) is 2. The number of amides is 2. The summed E-state index contributed by atoms with van der Waals surface area (Å²) in [6.07, 6.45) is 2.33. The van der Waals surface area contributed by atoms with Gasteiger partial charge in [0.25, 0.3) is 11.8 Å². The quantitative estimate of drug-likeness (QED) is 0.479. The second-order valence-corrected chi connectivity index (χ2v) is 6.37. The maximum atomic E-state index is 13.2. The monoisotopic (exact) mass is 390 g/mol. The van der Waals surface area contributed by atoms with Crippen molar-refractivity contribution in [2.24, 2.45) is 0 Å². The normalized spacial score (nSPS) is 17.9. The molecule has 0 aromatic rings. The molecule has 2 aliphatic rings. The minimum Gasteiger partial charge on any atom is -0.377 e. The molecule has 0 aromatic heterocycles. The van der Waals surface area contributed by atoms with Crippen LogP contribution in [0.15, 0.2) is 47.9 Å². The van der Waals surface area contributed by atoms with E-state index < -0.39 is 6.29 Å². The summed E-state index contributed by atoms with van der Waals surface area (Å²) in [5, 5.41) is 0. The molecule has 0 aliphatic carbocycles. The number of carbonyl (C=O) groups is 2. The van der Waals surface area contributed by atoms with Crippen molar-refractivity contribution in [1.82, 2.24) is 9.80 Å². The SMILES string of the molecule is C=CC1=C2C(=O)N(CC(OCC)OCC)C(C=C)=C2C(=O)N1CC(C)OCC. The zero-order chi connectivity index (χ0) is 20.8. The van der Waals surface area contributed by atoms with Crippen LogP contribution in [0.25, 0.3) is 0 Å². The summed E-state index contributed by atoms with van der Waals surface area (Å²) < 4.78 is 16.7. The van der Waals surface area contributed by atoms with Gasteiger partial charge < -0.3 is 24.0 Å². The van der Waals surface area contributed by atoms with Crippen LogP contribution >= 0.6 is 0 Å². The number of hydrogen-bond acceptors (Lipinski definition) is 5. The summed E-state index contributed by atoms with van der Waals surface area (Å²) in [7, 11) is 0. The first kappa shape index (κ1) is 22.1. The highest BCUT2D eigenvalue weighted by Crippen LogP contribution is 2.40. The third-order valence-corrected chi connectivity index (χ3v) is 4.58. The Hall–Kier alpha value is -2.22. The fraction of sp³-hybridized carbons (Fsp3) is 0.524. The van der Waals surface area contributed by atoms with E-state index in [0.717, 1.165) is 0 Å². The van der Waals surface area contributed by atoms with Gasteiger partial charge in [-0.15, -0.1) is 0 Å². The van der Waals surface area contributed by atoms with Crippen molar-refractivity contribution in [2.45, 2.75) is 40.1 Å². The summed E-state index contributed by atoms with van der Waals surface area (Å²) in [6, 6.07) is 0. The molecular weight excluding hydrogens is 360 g/mol. The van der Waals surface area contributed by atoms with Gasteiger partial charge in [-0.2, -0.15) is 0 Å². The van der Waals surface area contributed by atoms with Crippen molar-refractivity contribution < 1.29 is 23.8 Å². The van der Waals surface area contributed by atoms with Crippen LogP contribution < -0.4 is 0 Å². The fourth-order valence-corrected chi connectivity index (χ4v) is 3.50. The summed E-state index contributed by atoms with van der Waals surface area (Å²) in [4.78, 5) is 29.4. The van der Waals surface area contributed by atoms with Crippen LogP contribution in [0, 0.1) is 0 Å². The highest BCUT2D eigenvalue weighted by Gasteiger charge is 2.47. The molecule has 0 spiro atoms. The molecule has 2 rings (SSSR count). The summed E-state index contributed by atoms with van der Waals surface area (Å²) in [5.41, 5.74) is 1.68. The van der Waals surface area contributed by atoms with Crippen LogP contribution in [-0.4, -0.2) is 66.9 Å². The van der Waals surface area contributed by atoms with Gasteiger partial charge in [-0.05, 0) is 39.8 Å². The van der Waals surface area contributed by atoms with Crippen LogP contribution in [0.3, 0.4) is 0 Å². The van der Waals surface area contributed by atoms with Crippen LogP contribution in [0.1, 0.15) is 27.7 Å². The van der Waals surface area contributed by atoms with E-state index in [-0.39, 0.29) is 24.5 Å². The van der Waals surface area contributed by atoms with Crippen LogP contribution in [0.4, 0.5) is 0 Å². The Balaban J connectivity index is 2.39. The van der Waals surface area contributed by atoms with Gasteiger partial charge in [0.05, 0.1) is 41.7 Å². The smallest absolute Gasteiger partial charge is 0.261 e. The molecule has 0 aromatic carbocycles. The first-order valence-corrected chi connectivity index (χ1v) is 9.67. The minimum atomic E-state index is -0.578. The minimum absolute atomic E-state index is 0.164. The third kappa shape index (κ3) is 4.11. The number of carbonyl (C=O) groups excluding carboxylic acids is 2. The molecule has 1 atom stereocenters. The van der Waals surface area contributed by atoms with Gasteiger partial charge in [-0.3, -0.25) is 9.59 Å². The largest absolute Gasteiger partial charge is 0.377 e. The van der Waals surface area contributed by atoms with Crippen molar-refractivity contribution in [3.8, 4) is 0 Å². The number of ether oxygens (including phenoxy) is 3. The van der Waals surface area contributed by atoms with Crippen LogP contribution in [0.5, 0.6) is 0 Å². The molecule has 2 aliphatic heterocycles. The fourth-order valence-electron chi connectivity index (χ4n) is 3.50. The van der Waals surface area contributed by atoms with Gasteiger partial charge in [-0.1, -0.05) is 13.2 Å². The van der Waals surface area contributed by atoms with E-state index in [4.69, 9.17) is 14.2 Å². The Kier molecular flexibility index (Phi) is 7.74. The number of rotatable bonds is 12. The Morgan fingerprint density at radius 1 is 0.821 bits per heavy atom. The maximum Gasteiger partial charge on any atom is 0.261 e. The molecule has 2 amide bonds. The summed E-state index contributed by atoms with van der Waals surface area (Å²) in [5.74, 6) is -0.518. The molecule has 0 N–H and O–H groups in total.